The van der Waals surface area contributed by atoms with Crippen molar-refractivity contribution in [2.75, 3.05) is 6.54 Å². The van der Waals surface area contributed by atoms with Crippen LogP contribution in [-0.4, -0.2) is 6.54 Å². The number of ether oxygens (including phenoxy) is 1. The van der Waals surface area contributed by atoms with E-state index in [0.717, 1.165) is 23.4 Å². The van der Waals surface area contributed by atoms with Crippen LogP contribution in [-0.2, 0) is 13.2 Å². The Balaban J connectivity index is 0.00000288. The number of benzene rings is 2. The van der Waals surface area contributed by atoms with Crippen molar-refractivity contribution in [2.24, 2.45) is 5.92 Å². The Kier molecular flexibility index (Phi) is 9.25. The minimum absolute atomic E-state index is 0. The van der Waals surface area contributed by atoms with Gasteiger partial charge in [-0.15, -0.1) is 12.4 Å². The maximum atomic E-state index is 6.18. The van der Waals surface area contributed by atoms with Gasteiger partial charge in [0.1, 0.15) is 12.4 Å². The summed E-state index contributed by atoms with van der Waals surface area (Å²) >= 11 is 18.2. The Morgan fingerprint density at radius 1 is 0.958 bits per heavy atom. The van der Waals surface area contributed by atoms with Crippen molar-refractivity contribution in [1.82, 2.24) is 5.32 Å². The van der Waals surface area contributed by atoms with E-state index in [4.69, 9.17) is 39.5 Å². The first kappa shape index (κ1) is 21.4. The van der Waals surface area contributed by atoms with Crippen molar-refractivity contribution in [1.29, 1.82) is 0 Å². The number of hydrogen-bond acceptors (Lipinski definition) is 2. The molecule has 0 aromatic heterocycles. The molecule has 2 aromatic rings. The maximum absolute atomic E-state index is 6.18. The summed E-state index contributed by atoms with van der Waals surface area (Å²) in [6.45, 7) is 6.38. The highest BCUT2D eigenvalue weighted by atomic mass is 35.5. The lowest BCUT2D eigenvalue weighted by Gasteiger charge is -2.14. The molecule has 0 unspecified atom stereocenters. The van der Waals surface area contributed by atoms with Crippen molar-refractivity contribution in [3.63, 3.8) is 0 Å². The normalized spacial score (nSPS) is 10.6. The maximum Gasteiger partial charge on any atom is 0.124 e. The van der Waals surface area contributed by atoms with Crippen LogP contribution >= 0.6 is 47.2 Å². The summed E-state index contributed by atoms with van der Waals surface area (Å²) in [4.78, 5) is 0. The van der Waals surface area contributed by atoms with Gasteiger partial charge in [0.05, 0.1) is 0 Å². The van der Waals surface area contributed by atoms with E-state index in [1.807, 2.05) is 24.3 Å². The molecule has 24 heavy (non-hydrogen) atoms. The summed E-state index contributed by atoms with van der Waals surface area (Å²) in [7, 11) is 0. The Bertz CT molecular complexity index is 661. The molecule has 0 saturated heterocycles. The molecule has 0 atom stereocenters. The molecule has 0 saturated carbocycles. The minimum Gasteiger partial charge on any atom is -0.489 e. The summed E-state index contributed by atoms with van der Waals surface area (Å²) < 4.78 is 5.93. The number of rotatable bonds is 7. The second-order valence-electron chi connectivity index (χ2n) is 5.80. The fourth-order valence-electron chi connectivity index (χ4n) is 2.12. The molecule has 0 amide bonds. The van der Waals surface area contributed by atoms with Gasteiger partial charge in [-0.25, -0.2) is 0 Å². The molecular formula is C18H21Cl4NO. The largest absolute Gasteiger partial charge is 0.489 e. The van der Waals surface area contributed by atoms with Crippen LogP contribution in [0.2, 0.25) is 15.1 Å². The van der Waals surface area contributed by atoms with Crippen molar-refractivity contribution < 1.29 is 4.74 Å². The molecule has 0 fully saturated rings. The molecule has 0 aliphatic carbocycles. The average Bonchev–Trinajstić information content (AvgIpc) is 2.47. The van der Waals surface area contributed by atoms with Crippen molar-refractivity contribution >= 4 is 47.2 Å². The van der Waals surface area contributed by atoms with E-state index in [-0.39, 0.29) is 12.4 Å². The molecule has 0 aliphatic rings. The third kappa shape index (κ3) is 6.70. The van der Waals surface area contributed by atoms with E-state index in [1.165, 1.54) is 0 Å². The lowest BCUT2D eigenvalue weighted by atomic mass is 10.1. The van der Waals surface area contributed by atoms with E-state index in [9.17, 15) is 0 Å². The van der Waals surface area contributed by atoms with Crippen LogP contribution in [0.25, 0.3) is 0 Å². The first-order valence-corrected chi connectivity index (χ1v) is 8.65. The van der Waals surface area contributed by atoms with Gasteiger partial charge in [-0.2, -0.15) is 0 Å². The summed E-state index contributed by atoms with van der Waals surface area (Å²) in [6.07, 6.45) is 0. The minimum atomic E-state index is 0. The van der Waals surface area contributed by atoms with E-state index in [1.54, 1.807) is 12.1 Å². The van der Waals surface area contributed by atoms with Gasteiger partial charge in [0.2, 0.25) is 0 Å². The Hall–Kier alpha value is -0.640. The lowest BCUT2D eigenvalue weighted by molar-refractivity contribution is 0.302. The third-order valence-electron chi connectivity index (χ3n) is 3.29. The molecule has 2 nitrogen and oxygen atoms in total. The van der Waals surface area contributed by atoms with E-state index in [0.29, 0.717) is 34.1 Å². The zero-order valence-corrected chi connectivity index (χ0v) is 16.7. The summed E-state index contributed by atoms with van der Waals surface area (Å²) in [5, 5.41) is 5.32. The fourth-order valence-corrected chi connectivity index (χ4v) is 2.77. The van der Waals surface area contributed by atoms with Gasteiger partial charge in [0.25, 0.3) is 0 Å². The van der Waals surface area contributed by atoms with Crippen LogP contribution in [0.1, 0.15) is 25.0 Å². The molecule has 2 rings (SSSR count). The first-order chi connectivity index (χ1) is 11.0. The molecule has 0 bridgehead atoms. The monoisotopic (exact) mass is 407 g/mol. The molecule has 2 aromatic carbocycles. The standard InChI is InChI=1S/C18H20Cl3NO.ClH/c1-12(2)9-22-10-14-7-15(19)5-6-18(14)23-11-13-3-4-16(20)8-17(13)21;/h3-8,12,22H,9-11H2,1-2H3;1H. The lowest BCUT2D eigenvalue weighted by Crippen LogP contribution is -2.19. The van der Waals surface area contributed by atoms with Crippen LogP contribution in [0, 0.1) is 5.92 Å². The number of halogens is 4. The highest BCUT2D eigenvalue weighted by Crippen LogP contribution is 2.26. The quantitative estimate of drug-likeness (QED) is 0.572. The van der Waals surface area contributed by atoms with Crippen LogP contribution in [0.3, 0.4) is 0 Å². The van der Waals surface area contributed by atoms with Crippen molar-refractivity contribution in [3.05, 3.63) is 62.6 Å². The van der Waals surface area contributed by atoms with E-state index in [2.05, 4.69) is 19.2 Å². The predicted octanol–water partition coefficient (Wildman–Crippen LogP) is 6.39. The second-order valence-corrected chi connectivity index (χ2v) is 7.08. The summed E-state index contributed by atoms with van der Waals surface area (Å²) in [5.41, 5.74) is 1.93. The SMILES string of the molecule is CC(C)CNCc1cc(Cl)ccc1OCc1ccc(Cl)cc1Cl.Cl. The van der Waals surface area contributed by atoms with Gasteiger partial charge in [-0.3, -0.25) is 0 Å². The highest BCUT2D eigenvalue weighted by Gasteiger charge is 2.08. The zero-order chi connectivity index (χ0) is 16.8. The highest BCUT2D eigenvalue weighted by molar-refractivity contribution is 6.35. The van der Waals surface area contributed by atoms with Gasteiger partial charge in [-0.1, -0.05) is 54.7 Å². The molecule has 1 N–H and O–H groups in total. The van der Waals surface area contributed by atoms with Crippen LogP contribution in [0.4, 0.5) is 0 Å². The molecule has 6 heteroatoms. The summed E-state index contributed by atoms with van der Waals surface area (Å²) in [6, 6.07) is 11.0. The molecule has 0 radical (unpaired) electrons. The van der Waals surface area contributed by atoms with Crippen LogP contribution in [0.15, 0.2) is 36.4 Å². The topological polar surface area (TPSA) is 21.3 Å². The second kappa shape index (κ2) is 10.4. The van der Waals surface area contributed by atoms with Gasteiger partial charge >= 0.3 is 0 Å². The van der Waals surface area contributed by atoms with E-state index >= 15 is 0 Å². The smallest absolute Gasteiger partial charge is 0.124 e. The fraction of sp³-hybridized carbons (Fsp3) is 0.333. The number of hydrogen-bond donors (Lipinski definition) is 1. The molecule has 0 spiro atoms. The Morgan fingerprint density at radius 2 is 1.62 bits per heavy atom. The molecule has 0 aliphatic heterocycles. The average molecular weight is 409 g/mol. The van der Waals surface area contributed by atoms with Crippen LogP contribution in [0.5, 0.6) is 5.75 Å². The Morgan fingerprint density at radius 3 is 2.29 bits per heavy atom. The zero-order valence-electron chi connectivity index (χ0n) is 13.6. The van der Waals surface area contributed by atoms with Crippen molar-refractivity contribution in [3.8, 4) is 5.75 Å². The van der Waals surface area contributed by atoms with Gasteiger partial charge in [0.15, 0.2) is 0 Å². The van der Waals surface area contributed by atoms with Crippen molar-refractivity contribution in [2.45, 2.75) is 27.0 Å². The first-order valence-electron chi connectivity index (χ1n) is 7.51. The number of nitrogens with one attached hydrogen (secondary N) is 1. The molecule has 132 valence electrons. The summed E-state index contributed by atoms with van der Waals surface area (Å²) in [5.74, 6) is 1.39. The predicted molar refractivity (Wildman–Crippen MR) is 106 cm³/mol. The third-order valence-corrected chi connectivity index (χ3v) is 4.11. The molecular weight excluding hydrogens is 388 g/mol. The van der Waals surface area contributed by atoms with Gasteiger partial charge < -0.3 is 10.1 Å². The Labute approximate surface area is 164 Å². The van der Waals surface area contributed by atoms with Gasteiger partial charge in [-0.05, 0) is 42.8 Å². The van der Waals surface area contributed by atoms with Gasteiger partial charge in [0, 0.05) is 32.7 Å². The van der Waals surface area contributed by atoms with E-state index < -0.39 is 0 Å². The molecule has 0 heterocycles. The van der Waals surface area contributed by atoms with Crippen LogP contribution < -0.4 is 10.1 Å².